The maximum absolute atomic E-state index is 10.0. The Morgan fingerprint density at radius 2 is 1.95 bits per heavy atom. The Bertz CT molecular complexity index is 467. The highest BCUT2D eigenvalue weighted by Gasteiger charge is 2.08. The van der Waals surface area contributed by atoms with Crippen LogP contribution in [0.4, 0.5) is 0 Å². The highest BCUT2D eigenvalue weighted by Crippen LogP contribution is 2.11. The van der Waals surface area contributed by atoms with Crippen LogP contribution < -0.4 is 10.6 Å². The molecule has 2 unspecified atom stereocenters. The van der Waals surface area contributed by atoms with E-state index in [0.29, 0.717) is 13.1 Å². The highest BCUT2D eigenvalue weighted by atomic mass is 16.3. The lowest BCUT2D eigenvalue weighted by Gasteiger charge is -2.18. The Hall–Kier alpha value is -1.42. The zero-order chi connectivity index (χ0) is 14.9. The molecular formula is C18H26N2O. The summed E-state index contributed by atoms with van der Waals surface area (Å²) in [6.45, 7) is 4.16. The molecule has 2 atom stereocenters. The van der Waals surface area contributed by atoms with Gasteiger partial charge >= 0.3 is 0 Å². The van der Waals surface area contributed by atoms with Crippen LogP contribution in [-0.2, 0) is 0 Å². The lowest BCUT2D eigenvalue weighted by molar-refractivity contribution is 0.166. The third kappa shape index (κ3) is 5.84. The molecule has 3 nitrogen and oxygen atoms in total. The summed E-state index contributed by atoms with van der Waals surface area (Å²) in [5.74, 6) is 0. The van der Waals surface area contributed by atoms with Crippen molar-refractivity contribution in [1.82, 2.24) is 10.6 Å². The zero-order valence-electron chi connectivity index (χ0n) is 12.8. The standard InChI is InChI=1S/C18H26N2O/c1-15(17-10-6-3-7-11-17)20-14-18(21)13-19-12-16-8-4-2-5-9-16/h3-4,6-11,15,18-21H,2,5,12-14H2,1H3. The minimum Gasteiger partial charge on any atom is -0.390 e. The molecule has 1 aliphatic carbocycles. The number of hydrogen-bond acceptors (Lipinski definition) is 3. The van der Waals surface area contributed by atoms with Gasteiger partial charge in [0.25, 0.3) is 0 Å². The normalized spacial score (nSPS) is 17.3. The maximum Gasteiger partial charge on any atom is 0.0789 e. The molecule has 0 saturated heterocycles. The lowest BCUT2D eigenvalue weighted by Crippen LogP contribution is -2.37. The van der Waals surface area contributed by atoms with Gasteiger partial charge in [0.15, 0.2) is 0 Å². The molecule has 3 N–H and O–H groups in total. The van der Waals surface area contributed by atoms with Crippen LogP contribution in [0.1, 0.15) is 31.4 Å². The Kier molecular flexibility index (Phi) is 6.67. The van der Waals surface area contributed by atoms with Gasteiger partial charge in [-0.2, -0.15) is 0 Å². The van der Waals surface area contributed by atoms with Crippen molar-refractivity contribution in [3.63, 3.8) is 0 Å². The monoisotopic (exact) mass is 286 g/mol. The molecule has 0 radical (unpaired) electrons. The molecule has 0 saturated carbocycles. The summed E-state index contributed by atoms with van der Waals surface area (Å²) in [6.07, 6.45) is 8.54. The fraction of sp³-hybridized carbons (Fsp3) is 0.444. The summed E-state index contributed by atoms with van der Waals surface area (Å²) in [6, 6.07) is 10.6. The molecule has 2 rings (SSSR count). The van der Waals surface area contributed by atoms with E-state index >= 15 is 0 Å². The van der Waals surface area contributed by atoms with Gasteiger partial charge in [-0.25, -0.2) is 0 Å². The quantitative estimate of drug-likeness (QED) is 0.688. The molecule has 0 fully saturated rings. The van der Waals surface area contributed by atoms with Crippen LogP contribution in [-0.4, -0.2) is 30.8 Å². The summed E-state index contributed by atoms with van der Waals surface area (Å²) in [4.78, 5) is 0. The topological polar surface area (TPSA) is 44.3 Å². The number of nitrogens with one attached hydrogen (secondary N) is 2. The first kappa shape index (κ1) is 16.0. The second kappa shape index (κ2) is 8.78. The molecule has 0 spiro atoms. The predicted octanol–water partition coefficient (Wildman–Crippen LogP) is 2.56. The van der Waals surface area contributed by atoms with E-state index in [0.717, 1.165) is 19.4 Å². The van der Waals surface area contributed by atoms with Gasteiger partial charge in [-0.3, -0.25) is 0 Å². The molecule has 0 aromatic heterocycles. The molecule has 1 aromatic carbocycles. The van der Waals surface area contributed by atoms with Crippen LogP contribution in [0.15, 0.2) is 54.1 Å². The minimum atomic E-state index is -0.371. The van der Waals surface area contributed by atoms with E-state index in [-0.39, 0.29) is 12.1 Å². The Labute approximate surface area is 127 Å². The first-order valence-electron chi connectivity index (χ1n) is 7.78. The van der Waals surface area contributed by atoms with Gasteiger partial charge in [0, 0.05) is 25.7 Å². The number of allylic oxidation sites excluding steroid dienone is 2. The molecule has 21 heavy (non-hydrogen) atoms. The fourth-order valence-electron chi connectivity index (χ4n) is 2.43. The summed E-state index contributed by atoms with van der Waals surface area (Å²) in [5.41, 5.74) is 2.56. The number of rotatable bonds is 8. The van der Waals surface area contributed by atoms with Gasteiger partial charge in [0.2, 0.25) is 0 Å². The maximum atomic E-state index is 10.0. The average molecular weight is 286 g/mol. The van der Waals surface area contributed by atoms with E-state index in [1.807, 2.05) is 18.2 Å². The lowest BCUT2D eigenvalue weighted by atomic mass is 10.1. The van der Waals surface area contributed by atoms with Gasteiger partial charge in [-0.15, -0.1) is 0 Å². The van der Waals surface area contributed by atoms with Crippen molar-refractivity contribution in [2.24, 2.45) is 0 Å². The van der Waals surface area contributed by atoms with E-state index in [4.69, 9.17) is 0 Å². The average Bonchev–Trinajstić information content (AvgIpc) is 2.54. The Morgan fingerprint density at radius 1 is 1.14 bits per heavy atom. The molecular weight excluding hydrogens is 260 g/mol. The van der Waals surface area contributed by atoms with Crippen molar-refractivity contribution < 1.29 is 5.11 Å². The van der Waals surface area contributed by atoms with Gasteiger partial charge in [0.05, 0.1) is 6.10 Å². The van der Waals surface area contributed by atoms with Crippen molar-refractivity contribution in [3.8, 4) is 0 Å². The van der Waals surface area contributed by atoms with Crippen LogP contribution in [0.5, 0.6) is 0 Å². The number of aliphatic hydroxyl groups is 1. The summed E-state index contributed by atoms with van der Waals surface area (Å²) < 4.78 is 0. The highest BCUT2D eigenvalue weighted by molar-refractivity contribution is 5.23. The van der Waals surface area contributed by atoms with E-state index in [2.05, 4.69) is 47.9 Å². The van der Waals surface area contributed by atoms with Crippen molar-refractivity contribution in [2.45, 2.75) is 31.9 Å². The Balaban J connectivity index is 1.62. The van der Waals surface area contributed by atoms with E-state index in [1.54, 1.807) is 0 Å². The molecule has 1 aromatic rings. The van der Waals surface area contributed by atoms with Gasteiger partial charge < -0.3 is 15.7 Å². The van der Waals surface area contributed by atoms with Gasteiger partial charge in [-0.05, 0) is 30.9 Å². The summed E-state index contributed by atoms with van der Waals surface area (Å²) in [7, 11) is 0. The van der Waals surface area contributed by atoms with E-state index in [9.17, 15) is 5.11 Å². The third-order valence-electron chi connectivity index (χ3n) is 3.74. The molecule has 114 valence electrons. The van der Waals surface area contributed by atoms with Gasteiger partial charge in [-0.1, -0.05) is 48.6 Å². The molecule has 0 bridgehead atoms. The van der Waals surface area contributed by atoms with E-state index < -0.39 is 0 Å². The predicted molar refractivity (Wildman–Crippen MR) is 88.2 cm³/mol. The van der Waals surface area contributed by atoms with Crippen LogP contribution in [0.25, 0.3) is 0 Å². The van der Waals surface area contributed by atoms with Crippen LogP contribution in [0.2, 0.25) is 0 Å². The second-order valence-electron chi connectivity index (χ2n) is 5.58. The smallest absolute Gasteiger partial charge is 0.0789 e. The molecule has 3 heteroatoms. The van der Waals surface area contributed by atoms with Crippen molar-refractivity contribution in [2.75, 3.05) is 19.6 Å². The first-order valence-corrected chi connectivity index (χ1v) is 7.78. The zero-order valence-corrected chi connectivity index (χ0v) is 12.8. The van der Waals surface area contributed by atoms with Crippen LogP contribution in [0, 0.1) is 0 Å². The SMILES string of the molecule is CC(NCC(O)CNCC1=CCCC=C1)c1ccccc1. The Morgan fingerprint density at radius 3 is 2.67 bits per heavy atom. The van der Waals surface area contributed by atoms with Crippen molar-refractivity contribution >= 4 is 0 Å². The number of aliphatic hydroxyl groups excluding tert-OH is 1. The van der Waals surface area contributed by atoms with Crippen LogP contribution in [0.3, 0.4) is 0 Å². The molecule has 0 amide bonds. The van der Waals surface area contributed by atoms with Gasteiger partial charge in [0.1, 0.15) is 0 Å². The van der Waals surface area contributed by atoms with Crippen molar-refractivity contribution in [3.05, 3.63) is 59.7 Å². The van der Waals surface area contributed by atoms with Crippen molar-refractivity contribution in [1.29, 1.82) is 0 Å². The second-order valence-corrected chi connectivity index (χ2v) is 5.58. The van der Waals surface area contributed by atoms with E-state index in [1.165, 1.54) is 11.1 Å². The number of benzene rings is 1. The number of hydrogen-bond donors (Lipinski definition) is 3. The molecule has 0 aliphatic heterocycles. The first-order chi connectivity index (χ1) is 10.3. The molecule has 1 aliphatic rings. The summed E-state index contributed by atoms with van der Waals surface area (Å²) in [5, 5.41) is 16.7. The summed E-state index contributed by atoms with van der Waals surface area (Å²) >= 11 is 0. The largest absolute Gasteiger partial charge is 0.390 e. The van der Waals surface area contributed by atoms with Crippen LogP contribution >= 0.6 is 0 Å². The fourth-order valence-corrected chi connectivity index (χ4v) is 2.43. The molecule has 0 heterocycles. The third-order valence-corrected chi connectivity index (χ3v) is 3.74. The minimum absolute atomic E-state index is 0.254.